The van der Waals surface area contributed by atoms with Gasteiger partial charge in [0, 0.05) is 39.5 Å². The zero-order valence-electron chi connectivity index (χ0n) is 38.8. The van der Waals surface area contributed by atoms with Crippen molar-refractivity contribution >= 4 is 44.9 Å². The van der Waals surface area contributed by atoms with E-state index in [0.717, 1.165) is 45.3 Å². The van der Waals surface area contributed by atoms with Gasteiger partial charge in [0.2, 0.25) is 0 Å². The molecule has 0 saturated heterocycles. The Bertz CT molecular complexity index is 3550. The van der Waals surface area contributed by atoms with E-state index in [1.54, 1.807) is 0 Å². The standard InChI is InChI=1S/C67H50N2/c1-67(2)64-43-41-57(44-63(64)66-58-31-19-18-24-49(58)36-42-65(66)67)69(54-29-16-7-17-30-54)56-39-34-51(35-40-56)62-46-59(47-20-8-3-9-21-47)61(45-60(62)48-22-10-4-11-23-48)50-32-37-55(38-33-50)68(52-25-12-5-13-26-52)53-27-14-6-15-28-53/h3-46H,1-2H3. The number of fused-ring (bicyclic) bond motifs is 5. The molecule has 0 fully saturated rings. The molecule has 0 saturated carbocycles. The van der Waals surface area contributed by atoms with E-state index in [2.05, 4.69) is 291 Å². The molecule has 328 valence electrons. The van der Waals surface area contributed by atoms with Gasteiger partial charge in [-0.3, -0.25) is 0 Å². The second-order valence-corrected chi connectivity index (χ2v) is 18.5. The van der Waals surface area contributed by atoms with Gasteiger partial charge >= 0.3 is 0 Å². The minimum absolute atomic E-state index is 0.105. The average molecular weight is 883 g/mol. The van der Waals surface area contributed by atoms with E-state index in [0.29, 0.717) is 0 Å². The largest absolute Gasteiger partial charge is 0.311 e. The van der Waals surface area contributed by atoms with Crippen LogP contribution in [0.2, 0.25) is 0 Å². The Balaban J connectivity index is 0.979. The number of anilines is 6. The lowest BCUT2D eigenvalue weighted by atomic mass is 9.82. The second-order valence-electron chi connectivity index (χ2n) is 18.5. The lowest BCUT2D eigenvalue weighted by molar-refractivity contribution is 0.661. The van der Waals surface area contributed by atoms with Crippen LogP contribution in [0, 0.1) is 0 Å². The van der Waals surface area contributed by atoms with Crippen molar-refractivity contribution in [2.75, 3.05) is 9.80 Å². The quantitative estimate of drug-likeness (QED) is 0.135. The van der Waals surface area contributed by atoms with Crippen LogP contribution in [0.25, 0.3) is 66.4 Å². The molecule has 1 aliphatic carbocycles. The monoisotopic (exact) mass is 882 g/mol. The lowest BCUT2D eigenvalue weighted by Gasteiger charge is -2.27. The van der Waals surface area contributed by atoms with Gasteiger partial charge in [-0.15, -0.1) is 0 Å². The van der Waals surface area contributed by atoms with Gasteiger partial charge in [0.1, 0.15) is 0 Å². The zero-order valence-corrected chi connectivity index (χ0v) is 38.8. The maximum atomic E-state index is 2.42. The molecule has 0 atom stereocenters. The second kappa shape index (κ2) is 17.5. The van der Waals surface area contributed by atoms with E-state index in [9.17, 15) is 0 Å². The fourth-order valence-corrected chi connectivity index (χ4v) is 10.6. The molecule has 69 heavy (non-hydrogen) atoms. The minimum atomic E-state index is -0.105. The maximum absolute atomic E-state index is 2.42. The average Bonchev–Trinajstić information content (AvgIpc) is 3.65. The Morgan fingerprint density at radius 2 is 0.609 bits per heavy atom. The summed E-state index contributed by atoms with van der Waals surface area (Å²) in [5, 5.41) is 2.57. The van der Waals surface area contributed by atoms with Crippen LogP contribution in [0.1, 0.15) is 25.0 Å². The summed E-state index contributed by atoms with van der Waals surface area (Å²) in [6, 6.07) is 97.2. The molecule has 0 unspecified atom stereocenters. The molecule has 2 nitrogen and oxygen atoms in total. The first kappa shape index (κ1) is 41.7. The molecular weight excluding hydrogens is 833 g/mol. The van der Waals surface area contributed by atoms with Crippen LogP contribution in [-0.2, 0) is 5.41 Å². The van der Waals surface area contributed by atoms with Crippen LogP contribution in [0.4, 0.5) is 34.1 Å². The Kier molecular flexibility index (Phi) is 10.6. The topological polar surface area (TPSA) is 6.48 Å². The van der Waals surface area contributed by atoms with Gasteiger partial charge in [-0.1, -0.05) is 196 Å². The van der Waals surface area contributed by atoms with Crippen LogP contribution in [-0.4, -0.2) is 0 Å². The van der Waals surface area contributed by atoms with Gasteiger partial charge in [-0.25, -0.2) is 0 Å². The fraction of sp³-hybridized carbons (Fsp3) is 0.0448. The molecule has 0 spiro atoms. The zero-order chi connectivity index (χ0) is 46.3. The van der Waals surface area contributed by atoms with E-state index >= 15 is 0 Å². The van der Waals surface area contributed by atoms with Gasteiger partial charge in [-0.2, -0.15) is 0 Å². The Morgan fingerprint density at radius 3 is 1.07 bits per heavy atom. The highest BCUT2D eigenvalue weighted by Gasteiger charge is 2.37. The van der Waals surface area contributed by atoms with E-state index in [1.165, 1.54) is 66.4 Å². The van der Waals surface area contributed by atoms with Gasteiger partial charge in [0.15, 0.2) is 0 Å². The third-order valence-electron chi connectivity index (χ3n) is 14.0. The smallest absolute Gasteiger partial charge is 0.0468 e. The van der Waals surface area contributed by atoms with Crippen LogP contribution in [0.15, 0.2) is 267 Å². The molecule has 1 aliphatic rings. The van der Waals surface area contributed by atoms with E-state index in [1.807, 2.05) is 0 Å². The SMILES string of the molecule is CC1(C)c2ccc(N(c3ccccc3)c3ccc(-c4cc(-c5ccccc5)c(-c5ccc(N(c6ccccc6)c6ccccc6)cc5)cc4-c4ccccc4)cc3)cc2-c2c1ccc1ccccc21. The van der Waals surface area contributed by atoms with Crippen molar-refractivity contribution in [3.63, 3.8) is 0 Å². The molecule has 0 bridgehead atoms. The van der Waals surface area contributed by atoms with Crippen molar-refractivity contribution in [2.24, 2.45) is 0 Å². The van der Waals surface area contributed by atoms with Crippen LogP contribution >= 0.6 is 0 Å². The first-order valence-electron chi connectivity index (χ1n) is 23.9. The molecule has 11 aromatic rings. The summed E-state index contributed by atoms with van der Waals surface area (Å²) < 4.78 is 0. The first-order chi connectivity index (χ1) is 34.0. The predicted molar refractivity (Wildman–Crippen MR) is 293 cm³/mol. The molecule has 0 heterocycles. The summed E-state index contributed by atoms with van der Waals surface area (Å²) in [7, 11) is 0. The van der Waals surface area contributed by atoms with E-state index < -0.39 is 0 Å². The Labute approximate surface area is 405 Å². The highest BCUT2D eigenvalue weighted by Crippen LogP contribution is 2.53. The molecule has 0 aliphatic heterocycles. The Hall–Kier alpha value is -8.72. The number of hydrogen-bond donors (Lipinski definition) is 0. The molecular formula is C67H50N2. The van der Waals surface area contributed by atoms with Crippen LogP contribution in [0.5, 0.6) is 0 Å². The van der Waals surface area contributed by atoms with E-state index in [-0.39, 0.29) is 5.41 Å². The normalized spacial score (nSPS) is 12.3. The number of rotatable bonds is 10. The van der Waals surface area contributed by atoms with Crippen molar-refractivity contribution in [1.82, 2.24) is 0 Å². The van der Waals surface area contributed by atoms with Crippen molar-refractivity contribution in [3.8, 4) is 55.6 Å². The summed E-state index contributed by atoms with van der Waals surface area (Å²) in [4.78, 5) is 4.71. The molecule has 0 radical (unpaired) electrons. The van der Waals surface area contributed by atoms with Crippen LogP contribution in [0.3, 0.4) is 0 Å². The molecule has 0 amide bonds. The third-order valence-corrected chi connectivity index (χ3v) is 14.0. The number of hydrogen-bond acceptors (Lipinski definition) is 2. The summed E-state index contributed by atoms with van der Waals surface area (Å²) in [6.07, 6.45) is 0. The summed E-state index contributed by atoms with van der Waals surface area (Å²) in [6.45, 7) is 4.73. The fourth-order valence-electron chi connectivity index (χ4n) is 10.6. The summed E-state index contributed by atoms with van der Waals surface area (Å²) >= 11 is 0. The van der Waals surface area contributed by atoms with Crippen molar-refractivity contribution in [3.05, 3.63) is 278 Å². The molecule has 11 aromatic carbocycles. The lowest BCUT2D eigenvalue weighted by Crippen LogP contribution is -2.15. The van der Waals surface area contributed by atoms with Gasteiger partial charge in [0.05, 0.1) is 0 Å². The summed E-state index contributed by atoms with van der Waals surface area (Å²) in [5.41, 5.74) is 21.4. The van der Waals surface area contributed by atoms with Crippen molar-refractivity contribution in [2.45, 2.75) is 19.3 Å². The van der Waals surface area contributed by atoms with Crippen molar-refractivity contribution < 1.29 is 0 Å². The number of nitrogens with zero attached hydrogens (tertiary/aromatic N) is 2. The molecule has 0 aromatic heterocycles. The molecule has 12 rings (SSSR count). The number of para-hydroxylation sites is 3. The van der Waals surface area contributed by atoms with Crippen molar-refractivity contribution in [1.29, 1.82) is 0 Å². The highest BCUT2D eigenvalue weighted by molar-refractivity contribution is 6.03. The van der Waals surface area contributed by atoms with Gasteiger partial charge in [-0.05, 0) is 162 Å². The van der Waals surface area contributed by atoms with E-state index in [4.69, 9.17) is 0 Å². The third kappa shape index (κ3) is 7.57. The maximum Gasteiger partial charge on any atom is 0.0468 e. The highest BCUT2D eigenvalue weighted by atomic mass is 15.1. The van der Waals surface area contributed by atoms with Crippen LogP contribution < -0.4 is 9.80 Å². The molecule has 0 N–H and O–H groups in total. The summed E-state index contributed by atoms with van der Waals surface area (Å²) in [5.74, 6) is 0. The number of benzene rings is 11. The van der Waals surface area contributed by atoms with Gasteiger partial charge < -0.3 is 9.80 Å². The predicted octanol–water partition coefficient (Wildman–Crippen LogP) is 18.8. The first-order valence-corrected chi connectivity index (χ1v) is 23.9. The minimum Gasteiger partial charge on any atom is -0.311 e. The van der Waals surface area contributed by atoms with Gasteiger partial charge in [0.25, 0.3) is 0 Å². The molecule has 2 heteroatoms. The Morgan fingerprint density at radius 1 is 0.261 bits per heavy atom.